The van der Waals surface area contributed by atoms with Crippen molar-refractivity contribution >= 4 is 23.3 Å². The first-order valence-electron chi connectivity index (χ1n) is 11.5. The SMILES string of the molecule is O=C(O)C(F)(F)F.O=C(O)C(F)(F)F.c1csc(CN2CCOCC3(CCC(CN4CCCC4)O3)C2)c1. The summed E-state index contributed by atoms with van der Waals surface area (Å²) in [7, 11) is 0. The normalized spacial score (nSPS) is 25.1. The molecule has 0 radical (unpaired) electrons. The fraction of sp³-hybridized carbons (Fsp3) is 0.727. The molecule has 3 fully saturated rings. The molecule has 4 heterocycles. The van der Waals surface area contributed by atoms with Gasteiger partial charge in [-0.3, -0.25) is 4.90 Å². The quantitative estimate of drug-likeness (QED) is 0.532. The Hall–Kier alpha value is -1.94. The smallest absolute Gasteiger partial charge is 0.475 e. The summed E-state index contributed by atoms with van der Waals surface area (Å²) in [6.45, 7) is 8.29. The van der Waals surface area contributed by atoms with Crippen LogP contribution >= 0.6 is 11.3 Å². The molecule has 1 spiro atoms. The first-order chi connectivity index (χ1) is 17.2. The Kier molecular flexibility index (Phi) is 11.6. The third kappa shape index (κ3) is 11.1. The number of aliphatic carboxylic acids is 2. The molecule has 3 saturated heterocycles. The van der Waals surface area contributed by atoms with Gasteiger partial charge >= 0.3 is 24.3 Å². The van der Waals surface area contributed by atoms with E-state index < -0.39 is 24.3 Å². The number of carboxylic acid groups (broad SMARTS) is 2. The molecular weight excluding hydrogens is 534 g/mol. The Morgan fingerprint density at radius 3 is 2.14 bits per heavy atom. The number of hydrogen-bond acceptors (Lipinski definition) is 7. The summed E-state index contributed by atoms with van der Waals surface area (Å²) in [5.74, 6) is -5.51. The molecule has 0 bridgehead atoms. The van der Waals surface area contributed by atoms with Crippen LogP contribution in [0.1, 0.15) is 30.6 Å². The lowest BCUT2D eigenvalue weighted by Gasteiger charge is -2.32. The standard InChI is InChI=1S/C18H28N2O2S.2C2HF3O2/c1-2-8-19(7-1)12-16-5-6-18(22-16)14-20(9-10-21-15-18)13-17-4-3-11-23-17;2*3-2(4,5)1(6)7/h3-4,11,16H,1-2,5-10,12-15H2;2*(H,6,7). The molecule has 0 aromatic carbocycles. The maximum absolute atomic E-state index is 10.6. The Balaban J connectivity index is 0.000000286. The summed E-state index contributed by atoms with van der Waals surface area (Å²) in [4.78, 5) is 24.3. The third-order valence-corrected chi connectivity index (χ3v) is 6.73. The molecule has 1 aromatic rings. The van der Waals surface area contributed by atoms with Crippen molar-refractivity contribution in [3.05, 3.63) is 22.4 Å². The molecule has 212 valence electrons. The number of halogens is 6. The molecule has 2 atom stereocenters. The van der Waals surface area contributed by atoms with Gasteiger partial charge in [-0.1, -0.05) is 6.07 Å². The van der Waals surface area contributed by atoms with Crippen LogP contribution < -0.4 is 0 Å². The van der Waals surface area contributed by atoms with Gasteiger partial charge in [-0.25, -0.2) is 9.59 Å². The first-order valence-corrected chi connectivity index (χ1v) is 12.4. The molecular formula is C22H30F6N2O6S. The highest BCUT2D eigenvalue weighted by Gasteiger charge is 2.43. The van der Waals surface area contributed by atoms with Crippen LogP contribution in [0.25, 0.3) is 0 Å². The lowest BCUT2D eigenvalue weighted by molar-refractivity contribution is -0.193. The summed E-state index contributed by atoms with van der Waals surface area (Å²) < 4.78 is 76.0. The van der Waals surface area contributed by atoms with Crippen LogP contribution in [0.15, 0.2) is 17.5 Å². The molecule has 8 nitrogen and oxygen atoms in total. The topological polar surface area (TPSA) is 99.5 Å². The Labute approximate surface area is 213 Å². The van der Waals surface area contributed by atoms with E-state index in [1.54, 1.807) is 0 Å². The zero-order chi connectivity index (χ0) is 27.7. The van der Waals surface area contributed by atoms with Gasteiger partial charge in [-0.15, -0.1) is 11.3 Å². The zero-order valence-electron chi connectivity index (χ0n) is 19.9. The van der Waals surface area contributed by atoms with E-state index in [0.29, 0.717) is 6.10 Å². The molecule has 0 amide bonds. The Morgan fingerprint density at radius 1 is 1.03 bits per heavy atom. The Bertz CT molecular complexity index is 824. The van der Waals surface area contributed by atoms with Crippen molar-refractivity contribution in [2.75, 3.05) is 45.9 Å². The van der Waals surface area contributed by atoms with E-state index in [1.807, 2.05) is 11.3 Å². The summed E-state index contributed by atoms with van der Waals surface area (Å²) in [5, 5.41) is 16.4. The van der Waals surface area contributed by atoms with E-state index in [1.165, 1.54) is 37.2 Å². The monoisotopic (exact) mass is 564 g/mol. The van der Waals surface area contributed by atoms with Crippen molar-refractivity contribution in [3.63, 3.8) is 0 Å². The zero-order valence-corrected chi connectivity index (χ0v) is 20.7. The van der Waals surface area contributed by atoms with Crippen LogP contribution in [0.3, 0.4) is 0 Å². The largest absolute Gasteiger partial charge is 0.490 e. The van der Waals surface area contributed by atoms with Gasteiger partial charge in [0.25, 0.3) is 0 Å². The molecule has 37 heavy (non-hydrogen) atoms. The third-order valence-electron chi connectivity index (χ3n) is 5.87. The van der Waals surface area contributed by atoms with Crippen molar-refractivity contribution in [1.82, 2.24) is 9.80 Å². The van der Waals surface area contributed by atoms with Gasteiger partial charge in [0.05, 0.1) is 19.3 Å². The number of thiophene rings is 1. The summed E-state index contributed by atoms with van der Waals surface area (Å²) in [6, 6.07) is 4.37. The highest BCUT2D eigenvalue weighted by atomic mass is 32.1. The van der Waals surface area contributed by atoms with E-state index in [4.69, 9.17) is 29.3 Å². The van der Waals surface area contributed by atoms with E-state index in [0.717, 1.165) is 45.8 Å². The summed E-state index contributed by atoms with van der Waals surface area (Å²) in [5.41, 5.74) is -0.0713. The Morgan fingerprint density at radius 2 is 1.62 bits per heavy atom. The number of alkyl halides is 6. The first kappa shape index (κ1) is 31.3. The minimum atomic E-state index is -5.08. The number of rotatable bonds is 4. The van der Waals surface area contributed by atoms with Crippen LogP contribution in [0.5, 0.6) is 0 Å². The van der Waals surface area contributed by atoms with Gasteiger partial charge < -0.3 is 24.6 Å². The number of likely N-dealkylation sites (tertiary alicyclic amines) is 1. The van der Waals surface area contributed by atoms with Gasteiger partial charge in [0.15, 0.2) is 0 Å². The fourth-order valence-corrected chi connectivity index (χ4v) is 4.99. The van der Waals surface area contributed by atoms with E-state index in [9.17, 15) is 26.3 Å². The van der Waals surface area contributed by atoms with Crippen molar-refractivity contribution in [2.45, 2.75) is 56.3 Å². The van der Waals surface area contributed by atoms with Crippen molar-refractivity contribution in [3.8, 4) is 0 Å². The van der Waals surface area contributed by atoms with Gasteiger partial charge in [-0.05, 0) is 50.2 Å². The van der Waals surface area contributed by atoms with E-state index >= 15 is 0 Å². The maximum Gasteiger partial charge on any atom is 0.490 e. The molecule has 0 aliphatic carbocycles. The van der Waals surface area contributed by atoms with Gasteiger partial charge in [0.1, 0.15) is 5.60 Å². The minimum Gasteiger partial charge on any atom is -0.475 e. The number of carboxylic acids is 2. The van der Waals surface area contributed by atoms with Crippen LogP contribution in [-0.2, 0) is 25.6 Å². The average molecular weight is 565 g/mol. The number of ether oxygens (including phenoxy) is 2. The summed E-state index contributed by atoms with van der Waals surface area (Å²) >= 11 is 1.85. The molecule has 3 aliphatic rings. The van der Waals surface area contributed by atoms with Crippen molar-refractivity contribution in [2.24, 2.45) is 0 Å². The van der Waals surface area contributed by atoms with E-state index in [2.05, 4.69) is 27.3 Å². The molecule has 1 aromatic heterocycles. The van der Waals surface area contributed by atoms with Crippen LogP contribution in [0.2, 0.25) is 0 Å². The minimum absolute atomic E-state index is 0.0713. The second kappa shape index (κ2) is 13.7. The maximum atomic E-state index is 10.6. The van der Waals surface area contributed by atoms with Crippen molar-refractivity contribution < 1.29 is 55.6 Å². The fourth-order valence-electron chi connectivity index (χ4n) is 4.24. The summed E-state index contributed by atoms with van der Waals surface area (Å²) in [6.07, 6.45) is -4.72. The number of carbonyl (C=O) groups is 2. The molecule has 2 N–H and O–H groups in total. The van der Waals surface area contributed by atoms with Crippen molar-refractivity contribution in [1.29, 1.82) is 0 Å². The second-order valence-electron chi connectivity index (χ2n) is 8.92. The predicted octanol–water partition coefficient (Wildman–Crippen LogP) is 3.86. The number of nitrogens with zero attached hydrogens (tertiary/aromatic N) is 2. The van der Waals surface area contributed by atoms with Gasteiger partial charge in [0.2, 0.25) is 0 Å². The number of hydrogen-bond donors (Lipinski definition) is 2. The molecule has 0 saturated carbocycles. The second-order valence-corrected chi connectivity index (χ2v) is 9.95. The predicted molar refractivity (Wildman–Crippen MR) is 120 cm³/mol. The van der Waals surface area contributed by atoms with E-state index in [-0.39, 0.29) is 5.60 Å². The molecule has 2 unspecified atom stereocenters. The lowest BCUT2D eigenvalue weighted by Crippen LogP contribution is -2.45. The van der Waals surface area contributed by atoms with Gasteiger partial charge in [-0.2, -0.15) is 26.3 Å². The van der Waals surface area contributed by atoms with Crippen LogP contribution in [0.4, 0.5) is 26.3 Å². The average Bonchev–Trinajstić information content (AvgIpc) is 3.52. The van der Waals surface area contributed by atoms with Crippen LogP contribution in [0, 0.1) is 0 Å². The molecule has 4 rings (SSSR count). The highest BCUT2D eigenvalue weighted by Crippen LogP contribution is 2.34. The lowest BCUT2D eigenvalue weighted by atomic mass is 10.00. The molecule has 15 heteroatoms. The van der Waals surface area contributed by atoms with Gasteiger partial charge in [0, 0.05) is 31.1 Å². The van der Waals surface area contributed by atoms with Crippen LogP contribution in [-0.4, -0.2) is 102 Å². The molecule has 3 aliphatic heterocycles. The highest BCUT2D eigenvalue weighted by molar-refractivity contribution is 7.09.